The zero-order chi connectivity index (χ0) is 14.8. The highest BCUT2D eigenvalue weighted by Crippen LogP contribution is 2.20. The van der Waals surface area contributed by atoms with E-state index in [0.29, 0.717) is 0 Å². The Hall–Kier alpha value is -2.29. The van der Waals surface area contributed by atoms with Gasteiger partial charge in [-0.15, -0.1) is 0 Å². The summed E-state index contributed by atoms with van der Waals surface area (Å²) in [6.45, 7) is 8.43. The summed E-state index contributed by atoms with van der Waals surface area (Å²) < 4.78 is 2.35. The van der Waals surface area contributed by atoms with E-state index in [2.05, 4.69) is 66.0 Å². The number of hydrogen-bond donors (Lipinski definition) is 1. The Bertz CT molecular complexity index is 771. The van der Waals surface area contributed by atoms with E-state index in [1.165, 1.54) is 22.3 Å². The molecule has 0 bridgehead atoms. The second-order valence-corrected chi connectivity index (χ2v) is 5.41. The van der Waals surface area contributed by atoms with Crippen LogP contribution in [0.5, 0.6) is 0 Å². The summed E-state index contributed by atoms with van der Waals surface area (Å²) in [5, 5.41) is 4.69. The number of nitrogens with one attached hydrogen (secondary N) is 1. The lowest BCUT2D eigenvalue weighted by atomic mass is 10.2. The molecule has 3 nitrogen and oxygen atoms in total. The standard InChI is InChI=1S/C18H21N3/c1-4-21-13(2)10-16(14(21)3)12-20-17-7-8-18-15(11-17)6-5-9-19-18/h5-11,20H,4,12H2,1-3H3. The molecule has 1 aromatic carbocycles. The summed E-state index contributed by atoms with van der Waals surface area (Å²) in [5.74, 6) is 0. The normalized spacial score (nSPS) is 11.0. The lowest BCUT2D eigenvalue weighted by molar-refractivity contribution is 0.715. The third kappa shape index (κ3) is 2.64. The molecule has 0 saturated carbocycles. The lowest BCUT2D eigenvalue weighted by Gasteiger charge is -2.09. The van der Waals surface area contributed by atoms with Crippen LogP contribution in [0.4, 0.5) is 5.69 Å². The van der Waals surface area contributed by atoms with Crippen molar-refractivity contribution < 1.29 is 0 Å². The van der Waals surface area contributed by atoms with E-state index in [0.717, 1.165) is 24.3 Å². The predicted octanol–water partition coefficient (Wildman–Crippen LogP) is 4.29. The summed E-state index contributed by atoms with van der Waals surface area (Å²) in [7, 11) is 0. The van der Waals surface area contributed by atoms with Crippen molar-refractivity contribution >= 4 is 16.6 Å². The Labute approximate surface area is 125 Å². The Morgan fingerprint density at radius 1 is 1.14 bits per heavy atom. The molecular weight excluding hydrogens is 258 g/mol. The summed E-state index contributed by atoms with van der Waals surface area (Å²) in [5.41, 5.74) is 6.21. The Balaban J connectivity index is 1.80. The average molecular weight is 279 g/mol. The van der Waals surface area contributed by atoms with Gasteiger partial charge in [-0.05, 0) is 56.7 Å². The first-order valence-electron chi connectivity index (χ1n) is 7.43. The largest absolute Gasteiger partial charge is 0.381 e. The third-order valence-corrected chi connectivity index (χ3v) is 4.08. The molecule has 3 aromatic rings. The number of hydrogen-bond acceptors (Lipinski definition) is 2. The molecular formula is C18H21N3. The zero-order valence-corrected chi connectivity index (χ0v) is 12.9. The van der Waals surface area contributed by atoms with Crippen LogP contribution in [0.15, 0.2) is 42.6 Å². The minimum absolute atomic E-state index is 0.853. The summed E-state index contributed by atoms with van der Waals surface area (Å²) in [6.07, 6.45) is 1.83. The first-order chi connectivity index (χ1) is 10.2. The van der Waals surface area contributed by atoms with E-state index < -0.39 is 0 Å². The van der Waals surface area contributed by atoms with E-state index in [-0.39, 0.29) is 0 Å². The monoisotopic (exact) mass is 279 g/mol. The molecule has 0 aliphatic carbocycles. The highest BCUT2D eigenvalue weighted by molar-refractivity contribution is 5.82. The average Bonchev–Trinajstić information content (AvgIpc) is 2.78. The van der Waals surface area contributed by atoms with Gasteiger partial charge in [0.25, 0.3) is 0 Å². The highest BCUT2D eigenvalue weighted by atomic mass is 15.0. The number of nitrogens with zero attached hydrogens (tertiary/aromatic N) is 2. The van der Waals surface area contributed by atoms with Crippen LogP contribution < -0.4 is 5.32 Å². The van der Waals surface area contributed by atoms with Crippen LogP contribution in [0.3, 0.4) is 0 Å². The minimum atomic E-state index is 0.853. The quantitative estimate of drug-likeness (QED) is 0.772. The van der Waals surface area contributed by atoms with Gasteiger partial charge in [0.05, 0.1) is 5.52 Å². The molecule has 108 valence electrons. The summed E-state index contributed by atoms with van der Waals surface area (Å²) in [6, 6.07) is 12.6. The number of benzene rings is 1. The van der Waals surface area contributed by atoms with Gasteiger partial charge in [-0.3, -0.25) is 4.98 Å². The zero-order valence-electron chi connectivity index (χ0n) is 12.9. The fraction of sp³-hybridized carbons (Fsp3) is 0.278. The van der Waals surface area contributed by atoms with Crippen molar-refractivity contribution in [3.63, 3.8) is 0 Å². The number of aromatic nitrogens is 2. The van der Waals surface area contributed by atoms with Gasteiger partial charge in [0.2, 0.25) is 0 Å². The maximum atomic E-state index is 4.35. The van der Waals surface area contributed by atoms with Crippen LogP contribution in [0, 0.1) is 13.8 Å². The van der Waals surface area contributed by atoms with Crippen molar-refractivity contribution in [1.82, 2.24) is 9.55 Å². The van der Waals surface area contributed by atoms with Gasteiger partial charge in [0.15, 0.2) is 0 Å². The molecule has 0 atom stereocenters. The summed E-state index contributed by atoms with van der Waals surface area (Å²) >= 11 is 0. The molecule has 0 saturated heterocycles. The van der Waals surface area contributed by atoms with Gasteiger partial charge < -0.3 is 9.88 Å². The molecule has 1 N–H and O–H groups in total. The van der Waals surface area contributed by atoms with Crippen LogP contribution >= 0.6 is 0 Å². The number of rotatable bonds is 4. The molecule has 21 heavy (non-hydrogen) atoms. The molecule has 3 heteroatoms. The van der Waals surface area contributed by atoms with E-state index in [9.17, 15) is 0 Å². The van der Waals surface area contributed by atoms with Gasteiger partial charge in [-0.1, -0.05) is 6.07 Å². The number of fused-ring (bicyclic) bond motifs is 1. The fourth-order valence-electron chi connectivity index (χ4n) is 2.92. The second-order valence-electron chi connectivity index (χ2n) is 5.41. The van der Waals surface area contributed by atoms with Crippen molar-refractivity contribution in [1.29, 1.82) is 0 Å². The molecule has 0 fully saturated rings. The van der Waals surface area contributed by atoms with Crippen molar-refractivity contribution in [2.75, 3.05) is 5.32 Å². The Morgan fingerprint density at radius 2 is 2.00 bits per heavy atom. The van der Waals surface area contributed by atoms with Gasteiger partial charge in [0.1, 0.15) is 0 Å². The van der Waals surface area contributed by atoms with Crippen LogP contribution in [0.2, 0.25) is 0 Å². The third-order valence-electron chi connectivity index (χ3n) is 4.08. The van der Waals surface area contributed by atoms with Crippen molar-refractivity contribution in [3.05, 3.63) is 59.5 Å². The van der Waals surface area contributed by atoms with Gasteiger partial charge >= 0.3 is 0 Å². The van der Waals surface area contributed by atoms with E-state index >= 15 is 0 Å². The smallest absolute Gasteiger partial charge is 0.0703 e. The molecule has 0 radical (unpaired) electrons. The SMILES string of the molecule is CCn1c(C)cc(CNc2ccc3ncccc3c2)c1C. The highest BCUT2D eigenvalue weighted by Gasteiger charge is 2.07. The molecule has 0 aliphatic rings. The van der Waals surface area contributed by atoms with Gasteiger partial charge in [-0.2, -0.15) is 0 Å². The van der Waals surface area contributed by atoms with Crippen LogP contribution in [-0.4, -0.2) is 9.55 Å². The van der Waals surface area contributed by atoms with Crippen molar-refractivity contribution in [2.45, 2.75) is 33.9 Å². The molecule has 0 amide bonds. The second kappa shape index (κ2) is 5.60. The first kappa shape index (κ1) is 13.7. The minimum Gasteiger partial charge on any atom is -0.381 e. The van der Waals surface area contributed by atoms with E-state index in [4.69, 9.17) is 0 Å². The summed E-state index contributed by atoms with van der Waals surface area (Å²) in [4.78, 5) is 4.35. The first-order valence-corrected chi connectivity index (χ1v) is 7.43. The van der Waals surface area contributed by atoms with Crippen molar-refractivity contribution in [3.8, 4) is 0 Å². The molecule has 2 heterocycles. The Kier molecular flexibility index (Phi) is 3.65. The van der Waals surface area contributed by atoms with Crippen molar-refractivity contribution in [2.24, 2.45) is 0 Å². The van der Waals surface area contributed by atoms with E-state index in [1.807, 2.05) is 12.3 Å². The molecule has 0 spiro atoms. The topological polar surface area (TPSA) is 29.9 Å². The maximum Gasteiger partial charge on any atom is 0.0703 e. The lowest BCUT2D eigenvalue weighted by Crippen LogP contribution is -2.03. The van der Waals surface area contributed by atoms with Crippen LogP contribution in [0.1, 0.15) is 23.9 Å². The predicted molar refractivity (Wildman–Crippen MR) is 88.6 cm³/mol. The maximum absolute atomic E-state index is 4.35. The van der Waals surface area contributed by atoms with E-state index in [1.54, 1.807) is 0 Å². The molecule has 0 aliphatic heterocycles. The van der Waals surface area contributed by atoms with Gasteiger partial charge in [-0.25, -0.2) is 0 Å². The number of aryl methyl sites for hydroxylation is 1. The number of anilines is 1. The molecule has 0 unspecified atom stereocenters. The Morgan fingerprint density at radius 3 is 2.76 bits per heavy atom. The number of pyridine rings is 1. The van der Waals surface area contributed by atoms with Crippen LogP contribution in [0.25, 0.3) is 10.9 Å². The van der Waals surface area contributed by atoms with Gasteiger partial charge in [0, 0.05) is 41.7 Å². The van der Waals surface area contributed by atoms with Crippen LogP contribution in [-0.2, 0) is 13.1 Å². The molecule has 2 aromatic heterocycles. The molecule has 3 rings (SSSR count). The fourth-order valence-corrected chi connectivity index (χ4v) is 2.92.